The van der Waals surface area contributed by atoms with Crippen LogP contribution in [0, 0.1) is 23.2 Å². The first-order chi connectivity index (χ1) is 22.6. The molecule has 264 valence electrons. The second kappa shape index (κ2) is 15.4. The van der Waals surface area contributed by atoms with E-state index in [2.05, 4.69) is 16.5 Å². The van der Waals surface area contributed by atoms with Gasteiger partial charge in [-0.2, -0.15) is 0 Å². The number of esters is 2. The number of allylic oxidation sites excluding steroid dienone is 1. The number of rotatable bonds is 14. The summed E-state index contributed by atoms with van der Waals surface area (Å²) < 4.78 is 23.5. The van der Waals surface area contributed by atoms with Crippen LogP contribution in [-0.4, -0.2) is 70.2 Å². The van der Waals surface area contributed by atoms with Crippen LogP contribution in [0.5, 0.6) is 11.6 Å². The van der Waals surface area contributed by atoms with Gasteiger partial charge >= 0.3 is 11.9 Å². The molecule has 0 unspecified atom stereocenters. The lowest BCUT2D eigenvalue weighted by Gasteiger charge is -2.35. The predicted molar refractivity (Wildman–Crippen MR) is 185 cm³/mol. The Bertz CT molecular complexity index is 1480. The Kier molecular flexibility index (Phi) is 12.0. The van der Waals surface area contributed by atoms with Crippen molar-refractivity contribution >= 4 is 40.5 Å². The van der Waals surface area contributed by atoms with E-state index in [9.17, 15) is 14.4 Å². The van der Waals surface area contributed by atoms with E-state index in [4.69, 9.17) is 30.5 Å². The van der Waals surface area contributed by atoms with E-state index in [1.165, 1.54) is 0 Å². The second-order valence-electron chi connectivity index (χ2n) is 15.1. The van der Waals surface area contributed by atoms with Gasteiger partial charge in [-0.05, 0) is 76.3 Å². The summed E-state index contributed by atoms with van der Waals surface area (Å²) in [4.78, 5) is 52.4. The van der Waals surface area contributed by atoms with Gasteiger partial charge in [-0.3, -0.25) is 9.59 Å². The zero-order valence-electron chi connectivity index (χ0n) is 29.7. The van der Waals surface area contributed by atoms with E-state index in [1.54, 1.807) is 51.0 Å². The number of hydrogen-bond acceptors (Lipinski definition) is 9. The maximum atomic E-state index is 14.6. The fourth-order valence-electron chi connectivity index (χ4n) is 6.45. The summed E-state index contributed by atoms with van der Waals surface area (Å²) in [6.07, 6.45) is 6.12. The Morgan fingerprint density at radius 3 is 2.44 bits per heavy atom. The number of halogens is 1. The van der Waals surface area contributed by atoms with Gasteiger partial charge < -0.3 is 23.8 Å². The minimum atomic E-state index is -0.937. The lowest BCUT2D eigenvalue weighted by atomic mass is 9.77. The summed E-state index contributed by atoms with van der Waals surface area (Å²) in [5, 5.41) is 0.0692. The zero-order valence-corrected chi connectivity index (χ0v) is 30.5. The molecule has 2 aliphatic rings. The summed E-state index contributed by atoms with van der Waals surface area (Å²) in [5.41, 5.74) is -0.289. The van der Waals surface area contributed by atoms with Gasteiger partial charge in [-0.15, -0.1) is 6.58 Å². The van der Waals surface area contributed by atoms with Crippen molar-refractivity contribution in [1.82, 2.24) is 14.9 Å². The summed E-state index contributed by atoms with van der Waals surface area (Å²) in [7, 11) is 1.57. The highest BCUT2D eigenvalue weighted by Gasteiger charge is 2.53. The van der Waals surface area contributed by atoms with Crippen LogP contribution in [0.4, 0.5) is 0 Å². The molecule has 2 fully saturated rings. The van der Waals surface area contributed by atoms with Gasteiger partial charge in [0, 0.05) is 12.0 Å². The van der Waals surface area contributed by atoms with Gasteiger partial charge in [0.2, 0.25) is 5.91 Å². The third-order valence-electron chi connectivity index (χ3n) is 9.05. The molecule has 11 heteroatoms. The predicted octanol–water partition coefficient (Wildman–Crippen LogP) is 7.35. The van der Waals surface area contributed by atoms with Crippen molar-refractivity contribution in [1.29, 1.82) is 0 Å². The van der Waals surface area contributed by atoms with Crippen LogP contribution in [0.3, 0.4) is 0 Å². The zero-order chi connectivity index (χ0) is 35.4. The highest BCUT2D eigenvalue weighted by atomic mass is 35.5. The topological polar surface area (TPSA) is 117 Å². The molecule has 1 amide bonds. The molecule has 1 saturated carbocycles. The van der Waals surface area contributed by atoms with E-state index in [0.29, 0.717) is 29.1 Å². The summed E-state index contributed by atoms with van der Waals surface area (Å²) in [5.74, 6) is -1.35. The summed E-state index contributed by atoms with van der Waals surface area (Å²) in [6, 6.07) is 4.33. The number of amides is 1. The molecular weight excluding hydrogens is 634 g/mol. The summed E-state index contributed by atoms with van der Waals surface area (Å²) in [6.45, 7) is 17.0. The first-order valence-electron chi connectivity index (χ1n) is 17.1. The molecule has 1 aliphatic heterocycles. The van der Waals surface area contributed by atoms with Crippen LogP contribution in [0.2, 0.25) is 5.15 Å². The SMILES string of the molecule is C=CCCC[C@@H]1C[C@H]1OC(=O)C[C@H](C(=O)N1C[C@H](Oc2nc3cc(OC)ccc3nc2Cl)[C@@H](CCC)[C@H]1C(=O)OC(C)(C)C)C(C)(C)C. The number of benzene rings is 1. The molecule has 2 heterocycles. The number of aromatic nitrogens is 2. The Morgan fingerprint density at radius 2 is 1.81 bits per heavy atom. The molecule has 0 radical (unpaired) electrons. The average Bonchev–Trinajstić information content (AvgIpc) is 3.63. The number of carbonyl (C=O) groups excluding carboxylic acids is 3. The van der Waals surface area contributed by atoms with E-state index >= 15 is 0 Å². The van der Waals surface area contributed by atoms with Crippen molar-refractivity contribution in [2.45, 2.75) is 117 Å². The largest absolute Gasteiger partial charge is 0.497 e. The van der Waals surface area contributed by atoms with E-state index in [-0.39, 0.29) is 36.0 Å². The first kappa shape index (κ1) is 37.4. The summed E-state index contributed by atoms with van der Waals surface area (Å²) >= 11 is 6.57. The van der Waals surface area contributed by atoms with Crippen LogP contribution < -0.4 is 9.47 Å². The van der Waals surface area contributed by atoms with Crippen molar-refractivity contribution in [3.8, 4) is 11.6 Å². The monoisotopic (exact) mass is 685 g/mol. The number of carbonyl (C=O) groups is 3. The maximum absolute atomic E-state index is 14.6. The quantitative estimate of drug-likeness (QED) is 0.114. The first-order valence-corrected chi connectivity index (χ1v) is 17.5. The smallest absolute Gasteiger partial charge is 0.329 e. The van der Waals surface area contributed by atoms with E-state index in [0.717, 1.165) is 32.1 Å². The molecular formula is C37H52ClN3O7. The molecule has 2 aromatic rings. The van der Waals surface area contributed by atoms with Crippen LogP contribution >= 0.6 is 11.6 Å². The van der Waals surface area contributed by atoms with Gasteiger partial charge in [0.25, 0.3) is 5.88 Å². The molecule has 1 aromatic heterocycles. The van der Waals surface area contributed by atoms with Crippen molar-refractivity contribution in [3.63, 3.8) is 0 Å². The molecule has 0 bridgehead atoms. The van der Waals surface area contributed by atoms with Crippen LogP contribution in [0.1, 0.15) is 93.4 Å². The molecule has 10 nitrogen and oxygen atoms in total. The number of likely N-dealkylation sites (tertiary alicyclic amines) is 1. The average molecular weight is 686 g/mol. The van der Waals surface area contributed by atoms with Gasteiger partial charge in [0.15, 0.2) is 5.15 Å². The van der Waals surface area contributed by atoms with E-state index < -0.39 is 46.9 Å². The highest BCUT2D eigenvalue weighted by molar-refractivity contribution is 6.31. The molecule has 0 N–H and O–H groups in total. The molecule has 1 aromatic carbocycles. The Balaban J connectivity index is 1.62. The second-order valence-corrected chi connectivity index (χ2v) is 15.5. The molecule has 4 rings (SSSR count). The minimum absolute atomic E-state index is 0.0692. The fraction of sp³-hybridized carbons (Fsp3) is 0.649. The van der Waals surface area contributed by atoms with Crippen molar-refractivity contribution in [2.75, 3.05) is 13.7 Å². The van der Waals surface area contributed by atoms with Crippen molar-refractivity contribution in [2.24, 2.45) is 23.2 Å². The minimum Gasteiger partial charge on any atom is -0.497 e. The fourth-order valence-corrected chi connectivity index (χ4v) is 6.63. The maximum Gasteiger partial charge on any atom is 0.329 e. The van der Waals surface area contributed by atoms with Gasteiger partial charge in [-0.25, -0.2) is 14.8 Å². The number of unbranched alkanes of at least 4 members (excludes halogenated alkanes) is 1. The molecule has 0 spiro atoms. The van der Waals surface area contributed by atoms with Crippen molar-refractivity contribution < 1.29 is 33.3 Å². The number of methoxy groups -OCH3 is 1. The third-order valence-corrected chi connectivity index (χ3v) is 9.30. The normalized spacial score (nSPS) is 23.0. The Hall–Kier alpha value is -3.40. The van der Waals surface area contributed by atoms with Gasteiger partial charge in [-0.1, -0.05) is 51.8 Å². The number of nitrogens with zero attached hydrogens (tertiary/aromatic N) is 3. The number of fused-ring (bicyclic) bond motifs is 1. The number of hydrogen-bond donors (Lipinski definition) is 0. The third kappa shape index (κ3) is 9.39. The lowest BCUT2D eigenvalue weighted by Crippen LogP contribution is -2.50. The molecule has 6 atom stereocenters. The van der Waals surface area contributed by atoms with Crippen LogP contribution in [0.15, 0.2) is 30.9 Å². The highest BCUT2D eigenvalue weighted by Crippen LogP contribution is 2.41. The molecule has 1 aliphatic carbocycles. The number of ether oxygens (including phenoxy) is 4. The Labute approximate surface area is 289 Å². The lowest BCUT2D eigenvalue weighted by molar-refractivity contribution is -0.167. The van der Waals surface area contributed by atoms with Crippen LogP contribution in [-0.2, 0) is 23.9 Å². The van der Waals surface area contributed by atoms with E-state index in [1.807, 2.05) is 33.8 Å². The van der Waals surface area contributed by atoms with Crippen LogP contribution in [0.25, 0.3) is 11.0 Å². The van der Waals surface area contributed by atoms with Crippen molar-refractivity contribution in [3.05, 3.63) is 36.0 Å². The molecule has 1 saturated heterocycles. The van der Waals surface area contributed by atoms with Gasteiger partial charge in [0.05, 0.1) is 37.0 Å². The standard InChI is InChI=1S/C37H52ClN3O7/c1-10-12-13-15-22-18-28(22)46-30(42)20-25(36(3,4)5)34(43)41-21-29(24(14-11-2)31(41)35(44)48-37(6,7)8)47-33-32(38)39-26-17-16-23(45-9)19-27(26)40-33/h10,16-17,19,22,24-25,28-29,31H,1,11-15,18,20-21H2,2-9H3/t22-,24-,25-,28-,29+,31+/m1/s1. The molecule has 48 heavy (non-hydrogen) atoms. The Morgan fingerprint density at radius 1 is 1.08 bits per heavy atom. The van der Waals surface area contributed by atoms with Gasteiger partial charge in [0.1, 0.15) is 29.6 Å².